The van der Waals surface area contributed by atoms with Crippen LogP contribution in [0.25, 0.3) is 6.08 Å². The molecule has 0 atom stereocenters. The van der Waals surface area contributed by atoms with Gasteiger partial charge >= 0.3 is 5.97 Å². The quantitative estimate of drug-likeness (QED) is 0.486. The summed E-state index contributed by atoms with van der Waals surface area (Å²) >= 11 is 0. The average Bonchev–Trinajstić information content (AvgIpc) is 2.16. The smallest absolute Gasteiger partial charge is 0.330 e. The molecule has 3 nitrogen and oxygen atoms in total. The lowest BCUT2D eigenvalue weighted by Gasteiger charge is -1.90. The van der Waals surface area contributed by atoms with Crippen LogP contribution >= 0.6 is 0 Å². The second-order valence-corrected chi connectivity index (χ2v) is 2.11. The zero-order valence-corrected chi connectivity index (χ0v) is 6.73. The largest absolute Gasteiger partial charge is 0.466 e. The first-order chi connectivity index (χ1) is 5.83. The van der Waals surface area contributed by atoms with Crippen LogP contribution in [0.5, 0.6) is 0 Å². The topological polar surface area (TPSA) is 39.2 Å². The Morgan fingerprint density at radius 2 is 2.42 bits per heavy atom. The van der Waals surface area contributed by atoms with Crippen LogP contribution < -0.4 is 0 Å². The zero-order chi connectivity index (χ0) is 8.81. The number of rotatable bonds is 2. The van der Waals surface area contributed by atoms with Crippen molar-refractivity contribution in [1.29, 1.82) is 0 Å². The van der Waals surface area contributed by atoms with E-state index in [1.165, 1.54) is 13.2 Å². The number of hydrogen-bond donors (Lipinski definition) is 0. The van der Waals surface area contributed by atoms with Crippen molar-refractivity contribution >= 4 is 12.0 Å². The molecule has 0 aliphatic heterocycles. The predicted molar refractivity (Wildman–Crippen MR) is 45.3 cm³/mol. The molecule has 0 amide bonds. The van der Waals surface area contributed by atoms with Crippen molar-refractivity contribution in [2.24, 2.45) is 0 Å². The van der Waals surface area contributed by atoms with Crippen molar-refractivity contribution in [2.75, 3.05) is 7.11 Å². The van der Waals surface area contributed by atoms with Gasteiger partial charge in [-0.3, -0.25) is 4.98 Å². The summed E-state index contributed by atoms with van der Waals surface area (Å²) in [4.78, 5) is 14.6. The standard InChI is InChI=1S/C9H9NO2/c1-12-9(11)6-5-8-4-2-3-7-10-8/h2-7H,1H3/b6-5-. The van der Waals surface area contributed by atoms with E-state index in [2.05, 4.69) is 9.72 Å². The van der Waals surface area contributed by atoms with Gasteiger partial charge in [0, 0.05) is 12.3 Å². The number of methoxy groups -OCH3 is 1. The van der Waals surface area contributed by atoms with E-state index in [9.17, 15) is 4.79 Å². The fourth-order valence-electron chi connectivity index (χ4n) is 0.696. The molecular formula is C9H9NO2. The highest BCUT2D eigenvalue weighted by Crippen LogP contribution is 1.95. The minimum Gasteiger partial charge on any atom is -0.466 e. The fraction of sp³-hybridized carbons (Fsp3) is 0.111. The molecule has 0 fully saturated rings. The first-order valence-electron chi connectivity index (χ1n) is 3.50. The van der Waals surface area contributed by atoms with Crippen LogP contribution in [0.4, 0.5) is 0 Å². The third-order valence-electron chi connectivity index (χ3n) is 1.28. The average molecular weight is 163 g/mol. The Hall–Kier alpha value is -1.64. The molecule has 0 aliphatic rings. The molecule has 3 heteroatoms. The van der Waals surface area contributed by atoms with Crippen molar-refractivity contribution in [3.8, 4) is 0 Å². The fourth-order valence-corrected chi connectivity index (χ4v) is 0.696. The summed E-state index contributed by atoms with van der Waals surface area (Å²) in [5, 5.41) is 0. The van der Waals surface area contributed by atoms with Crippen molar-refractivity contribution in [3.63, 3.8) is 0 Å². The molecule has 0 radical (unpaired) electrons. The van der Waals surface area contributed by atoms with E-state index in [4.69, 9.17) is 0 Å². The van der Waals surface area contributed by atoms with E-state index in [0.29, 0.717) is 0 Å². The molecule has 1 heterocycles. The summed E-state index contributed by atoms with van der Waals surface area (Å²) in [6.45, 7) is 0. The normalized spacial score (nSPS) is 10.1. The molecule has 1 aromatic rings. The second kappa shape index (κ2) is 4.28. The summed E-state index contributed by atoms with van der Waals surface area (Å²) in [7, 11) is 1.34. The van der Waals surface area contributed by atoms with Gasteiger partial charge in [0.25, 0.3) is 0 Å². The molecule has 1 aromatic heterocycles. The van der Waals surface area contributed by atoms with E-state index in [1.54, 1.807) is 18.3 Å². The zero-order valence-electron chi connectivity index (χ0n) is 6.73. The van der Waals surface area contributed by atoms with Gasteiger partial charge in [0.1, 0.15) is 0 Å². The van der Waals surface area contributed by atoms with Gasteiger partial charge < -0.3 is 4.74 Å². The summed E-state index contributed by atoms with van der Waals surface area (Å²) in [6, 6.07) is 5.47. The van der Waals surface area contributed by atoms with Crippen molar-refractivity contribution < 1.29 is 9.53 Å². The monoisotopic (exact) mass is 163 g/mol. The third kappa shape index (κ3) is 2.54. The summed E-state index contributed by atoms with van der Waals surface area (Å²) in [5.41, 5.74) is 0.739. The maximum Gasteiger partial charge on any atom is 0.330 e. The molecule has 0 saturated heterocycles. The Labute approximate surface area is 70.7 Å². The molecule has 62 valence electrons. The van der Waals surface area contributed by atoms with Gasteiger partial charge in [-0.2, -0.15) is 0 Å². The number of nitrogens with zero attached hydrogens (tertiary/aromatic N) is 1. The highest BCUT2D eigenvalue weighted by atomic mass is 16.5. The van der Waals surface area contributed by atoms with Crippen LogP contribution in [0.2, 0.25) is 0 Å². The molecule has 0 bridgehead atoms. The maximum absolute atomic E-state index is 10.6. The lowest BCUT2D eigenvalue weighted by Crippen LogP contribution is -1.93. The van der Waals surface area contributed by atoms with Crippen LogP contribution in [-0.2, 0) is 9.53 Å². The van der Waals surface area contributed by atoms with Crippen molar-refractivity contribution in [3.05, 3.63) is 36.2 Å². The lowest BCUT2D eigenvalue weighted by atomic mass is 10.3. The molecule has 0 spiro atoms. The van der Waals surface area contributed by atoms with Gasteiger partial charge in [0.15, 0.2) is 0 Å². The second-order valence-electron chi connectivity index (χ2n) is 2.11. The van der Waals surface area contributed by atoms with Gasteiger partial charge in [-0.15, -0.1) is 0 Å². The van der Waals surface area contributed by atoms with Gasteiger partial charge in [-0.25, -0.2) is 4.79 Å². The van der Waals surface area contributed by atoms with Crippen LogP contribution in [-0.4, -0.2) is 18.1 Å². The Kier molecular flexibility index (Phi) is 3.02. The van der Waals surface area contributed by atoms with Crippen LogP contribution in [0.1, 0.15) is 5.69 Å². The molecular weight excluding hydrogens is 154 g/mol. The van der Waals surface area contributed by atoms with Gasteiger partial charge in [-0.05, 0) is 18.2 Å². The first kappa shape index (κ1) is 8.46. The van der Waals surface area contributed by atoms with Crippen LogP contribution in [0, 0.1) is 0 Å². The number of aromatic nitrogens is 1. The number of hydrogen-bond acceptors (Lipinski definition) is 3. The Morgan fingerprint density at radius 1 is 1.58 bits per heavy atom. The summed E-state index contributed by atoms with van der Waals surface area (Å²) in [5.74, 6) is -0.374. The molecule has 0 unspecified atom stereocenters. The molecule has 12 heavy (non-hydrogen) atoms. The molecule has 0 N–H and O–H groups in total. The number of carbonyl (C=O) groups is 1. The SMILES string of the molecule is COC(=O)/C=C\c1ccccn1. The molecule has 0 aromatic carbocycles. The van der Waals surface area contributed by atoms with Gasteiger partial charge in [-0.1, -0.05) is 6.07 Å². The predicted octanol–water partition coefficient (Wildman–Crippen LogP) is 1.27. The number of esters is 1. The maximum atomic E-state index is 10.6. The van der Waals surface area contributed by atoms with Crippen molar-refractivity contribution in [1.82, 2.24) is 4.98 Å². The van der Waals surface area contributed by atoms with E-state index in [1.807, 2.05) is 12.1 Å². The van der Waals surface area contributed by atoms with Gasteiger partial charge in [0.2, 0.25) is 0 Å². The Balaban J connectivity index is 2.64. The third-order valence-corrected chi connectivity index (χ3v) is 1.28. The highest BCUT2D eigenvalue weighted by molar-refractivity contribution is 5.86. The summed E-state index contributed by atoms with van der Waals surface area (Å²) < 4.78 is 4.42. The Morgan fingerprint density at radius 3 is 3.00 bits per heavy atom. The van der Waals surface area contributed by atoms with Gasteiger partial charge in [0.05, 0.1) is 12.8 Å². The highest BCUT2D eigenvalue weighted by Gasteiger charge is 1.90. The lowest BCUT2D eigenvalue weighted by molar-refractivity contribution is -0.134. The van der Waals surface area contributed by atoms with Crippen LogP contribution in [0.15, 0.2) is 30.5 Å². The van der Waals surface area contributed by atoms with E-state index in [-0.39, 0.29) is 5.97 Å². The minimum atomic E-state index is -0.374. The number of pyridine rings is 1. The summed E-state index contributed by atoms with van der Waals surface area (Å²) in [6.07, 6.45) is 4.60. The molecule has 0 saturated carbocycles. The molecule has 1 rings (SSSR count). The first-order valence-corrected chi connectivity index (χ1v) is 3.50. The van der Waals surface area contributed by atoms with E-state index < -0.39 is 0 Å². The van der Waals surface area contributed by atoms with E-state index in [0.717, 1.165) is 5.69 Å². The Bertz CT molecular complexity index is 280. The molecule has 0 aliphatic carbocycles. The number of ether oxygens (including phenoxy) is 1. The number of carbonyl (C=O) groups excluding carboxylic acids is 1. The minimum absolute atomic E-state index is 0.374. The van der Waals surface area contributed by atoms with Crippen molar-refractivity contribution in [2.45, 2.75) is 0 Å². The van der Waals surface area contributed by atoms with Crippen LogP contribution in [0.3, 0.4) is 0 Å². The van der Waals surface area contributed by atoms with E-state index >= 15 is 0 Å².